The maximum atomic E-state index is 4.77. The van der Waals surface area contributed by atoms with Crippen molar-refractivity contribution in [2.45, 2.75) is 86.1 Å². The summed E-state index contributed by atoms with van der Waals surface area (Å²) >= 11 is 0. The number of fused-ring (bicyclic) bond motifs is 1. The van der Waals surface area contributed by atoms with E-state index in [-0.39, 0.29) is 0 Å². The van der Waals surface area contributed by atoms with E-state index < -0.39 is 0 Å². The minimum absolute atomic E-state index is 0.397. The van der Waals surface area contributed by atoms with Crippen LogP contribution in [0.3, 0.4) is 0 Å². The van der Waals surface area contributed by atoms with Crippen LogP contribution in [-0.4, -0.2) is 11.0 Å². The summed E-state index contributed by atoms with van der Waals surface area (Å²) in [5.41, 5.74) is 10.0. The van der Waals surface area contributed by atoms with Gasteiger partial charge < -0.3 is 5.32 Å². The Kier molecular flexibility index (Phi) is 12.5. The first-order valence-corrected chi connectivity index (χ1v) is 12.3. The lowest BCUT2D eigenvalue weighted by Gasteiger charge is -2.21. The van der Waals surface area contributed by atoms with Crippen molar-refractivity contribution in [2.24, 2.45) is 5.92 Å². The normalized spacial score (nSPS) is 16.4. The summed E-state index contributed by atoms with van der Waals surface area (Å²) in [4.78, 5) is 4.77. The average molecular weight is 447 g/mol. The zero-order valence-corrected chi connectivity index (χ0v) is 22.1. The number of nitrogens with one attached hydrogen (secondary N) is 1. The third-order valence-corrected chi connectivity index (χ3v) is 5.73. The molecular formula is C31H46N2. The Morgan fingerprint density at radius 3 is 2.48 bits per heavy atom. The molecule has 1 N–H and O–H groups in total. The molecule has 2 heteroatoms. The van der Waals surface area contributed by atoms with Crippen LogP contribution in [0, 0.1) is 12.8 Å². The number of rotatable bonds is 10. The molecule has 0 aromatic carbocycles. The first kappa shape index (κ1) is 28.4. The topological polar surface area (TPSA) is 24.9 Å². The number of aryl methyl sites for hydroxylation is 1. The Morgan fingerprint density at radius 2 is 1.94 bits per heavy atom. The van der Waals surface area contributed by atoms with Crippen LogP contribution in [-0.2, 0) is 6.42 Å². The van der Waals surface area contributed by atoms with E-state index in [0.29, 0.717) is 12.0 Å². The van der Waals surface area contributed by atoms with E-state index >= 15 is 0 Å². The van der Waals surface area contributed by atoms with Crippen molar-refractivity contribution in [1.82, 2.24) is 10.3 Å². The minimum Gasteiger partial charge on any atom is -0.385 e. The largest absolute Gasteiger partial charge is 0.385 e. The van der Waals surface area contributed by atoms with Gasteiger partial charge in [0.25, 0.3) is 0 Å². The van der Waals surface area contributed by atoms with Crippen molar-refractivity contribution in [3.8, 4) is 0 Å². The Balaban J connectivity index is 0.000000675. The van der Waals surface area contributed by atoms with Crippen LogP contribution < -0.4 is 5.32 Å². The Bertz CT molecular complexity index is 897. The molecule has 0 aliphatic carbocycles. The zero-order valence-electron chi connectivity index (χ0n) is 22.1. The van der Waals surface area contributed by atoms with Crippen molar-refractivity contribution >= 4 is 5.57 Å². The standard InChI is InChI=1S/C24H36N2.C7H10/c1-8-9-10-22-24(19(6)12-17(4)11-16(2)3)21-13-18(5)15-25-23(21)14-20(7)26-22;1-4-6-7(3)5-2/h13,15,17,20,26H,2,6,8-12,14H2,1,3-5,7H3;4-6H,1-2H2,3H3/b;7-6-. The monoisotopic (exact) mass is 446 g/mol. The van der Waals surface area contributed by atoms with Gasteiger partial charge in [-0.15, -0.1) is 6.58 Å². The van der Waals surface area contributed by atoms with Gasteiger partial charge in [0.1, 0.15) is 0 Å². The molecule has 1 aromatic rings. The molecule has 2 rings (SSSR count). The average Bonchev–Trinajstić information content (AvgIpc) is 2.87. The molecule has 33 heavy (non-hydrogen) atoms. The van der Waals surface area contributed by atoms with Crippen LogP contribution in [0.1, 0.15) is 83.5 Å². The van der Waals surface area contributed by atoms with Gasteiger partial charge in [-0.3, -0.25) is 4.98 Å². The smallest absolute Gasteiger partial charge is 0.0503 e. The summed E-state index contributed by atoms with van der Waals surface area (Å²) in [6.07, 6.45) is 13.9. The molecule has 0 bridgehead atoms. The van der Waals surface area contributed by atoms with E-state index in [1.807, 2.05) is 19.2 Å². The van der Waals surface area contributed by atoms with E-state index in [2.05, 4.69) is 72.3 Å². The zero-order chi connectivity index (χ0) is 25.0. The number of hydrogen-bond acceptors (Lipinski definition) is 2. The van der Waals surface area contributed by atoms with Crippen LogP contribution in [0.25, 0.3) is 5.57 Å². The summed E-state index contributed by atoms with van der Waals surface area (Å²) in [6, 6.07) is 2.70. The van der Waals surface area contributed by atoms with E-state index in [4.69, 9.17) is 4.98 Å². The van der Waals surface area contributed by atoms with Crippen molar-refractivity contribution in [3.05, 3.63) is 96.0 Å². The van der Waals surface area contributed by atoms with Gasteiger partial charge in [0.05, 0.1) is 5.69 Å². The molecule has 1 aromatic heterocycles. The first-order chi connectivity index (χ1) is 15.6. The van der Waals surface area contributed by atoms with Gasteiger partial charge in [-0.05, 0) is 76.5 Å². The molecule has 1 aliphatic heterocycles. The Hall–Kier alpha value is -2.61. The lowest BCUT2D eigenvalue weighted by Crippen LogP contribution is -2.26. The highest BCUT2D eigenvalue weighted by Gasteiger charge is 2.24. The molecule has 0 spiro atoms. The van der Waals surface area contributed by atoms with Gasteiger partial charge >= 0.3 is 0 Å². The van der Waals surface area contributed by atoms with Gasteiger partial charge in [0, 0.05) is 35.5 Å². The molecule has 1 aliphatic rings. The molecule has 0 saturated heterocycles. The summed E-state index contributed by atoms with van der Waals surface area (Å²) in [5, 5.41) is 3.79. The van der Waals surface area contributed by atoms with Crippen LogP contribution in [0.15, 0.2) is 79.2 Å². The van der Waals surface area contributed by atoms with Crippen LogP contribution in [0.5, 0.6) is 0 Å². The van der Waals surface area contributed by atoms with Crippen molar-refractivity contribution in [2.75, 3.05) is 0 Å². The van der Waals surface area contributed by atoms with Gasteiger partial charge in [-0.25, -0.2) is 0 Å². The van der Waals surface area contributed by atoms with Gasteiger partial charge in [-0.2, -0.15) is 0 Å². The predicted molar refractivity (Wildman–Crippen MR) is 148 cm³/mol. The van der Waals surface area contributed by atoms with Gasteiger partial charge in [0.15, 0.2) is 0 Å². The molecule has 2 unspecified atom stereocenters. The third kappa shape index (κ3) is 9.82. The van der Waals surface area contributed by atoms with Crippen LogP contribution >= 0.6 is 0 Å². The van der Waals surface area contributed by atoms with Crippen molar-refractivity contribution in [3.63, 3.8) is 0 Å². The lowest BCUT2D eigenvalue weighted by molar-refractivity contribution is 0.574. The van der Waals surface area contributed by atoms with E-state index in [1.165, 1.54) is 52.1 Å². The minimum atomic E-state index is 0.397. The number of unbranched alkanes of at least 4 members (excludes halogenated alkanes) is 1. The van der Waals surface area contributed by atoms with Crippen molar-refractivity contribution in [1.29, 1.82) is 0 Å². The number of nitrogens with zero attached hydrogens (tertiary/aromatic N) is 1. The highest BCUT2D eigenvalue weighted by atomic mass is 14.9. The summed E-state index contributed by atoms with van der Waals surface area (Å²) in [6.45, 7) is 28.7. The van der Waals surface area contributed by atoms with Crippen molar-refractivity contribution < 1.29 is 0 Å². The molecular weight excluding hydrogens is 400 g/mol. The predicted octanol–water partition coefficient (Wildman–Crippen LogP) is 8.68. The quantitative estimate of drug-likeness (QED) is 0.287. The first-order valence-electron chi connectivity index (χ1n) is 12.3. The lowest BCUT2D eigenvalue weighted by atomic mass is 9.86. The van der Waals surface area contributed by atoms with E-state index in [1.54, 1.807) is 12.2 Å². The number of allylic oxidation sites excluding steroid dienone is 8. The maximum Gasteiger partial charge on any atom is 0.0503 e. The fourth-order valence-corrected chi connectivity index (χ4v) is 4.25. The SMILES string of the molecule is C=C(C)CC(C)CC(=C)C1=C(CCCC)NC(C)Cc2ncc(C)cc21.C=C/C=C(/C)C=C. The fraction of sp³-hybridized carbons (Fsp3) is 0.452. The molecule has 2 heterocycles. The number of pyridine rings is 1. The fourth-order valence-electron chi connectivity index (χ4n) is 4.25. The molecule has 0 radical (unpaired) electrons. The Morgan fingerprint density at radius 1 is 1.24 bits per heavy atom. The maximum absolute atomic E-state index is 4.77. The molecule has 180 valence electrons. The summed E-state index contributed by atoms with van der Waals surface area (Å²) in [7, 11) is 0. The number of hydrogen-bond donors (Lipinski definition) is 1. The molecule has 0 fully saturated rings. The van der Waals surface area contributed by atoms with E-state index in [0.717, 1.165) is 31.3 Å². The second-order valence-corrected chi connectivity index (χ2v) is 9.64. The molecule has 0 saturated carbocycles. The molecule has 0 amide bonds. The van der Waals surface area contributed by atoms with Gasteiger partial charge in [0.2, 0.25) is 0 Å². The second kappa shape index (κ2) is 14.5. The second-order valence-electron chi connectivity index (χ2n) is 9.64. The molecule has 2 atom stereocenters. The molecule has 2 nitrogen and oxygen atoms in total. The highest BCUT2D eigenvalue weighted by Crippen LogP contribution is 2.36. The summed E-state index contributed by atoms with van der Waals surface area (Å²) < 4.78 is 0. The van der Waals surface area contributed by atoms with E-state index in [9.17, 15) is 0 Å². The Labute approximate surface area is 204 Å². The number of aromatic nitrogens is 1. The third-order valence-electron chi connectivity index (χ3n) is 5.73. The highest BCUT2D eigenvalue weighted by molar-refractivity contribution is 5.82. The van der Waals surface area contributed by atoms with Crippen LogP contribution in [0.2, 0.25) is 0 Å². The summed E-state index contributed by atoms with van der Waals surface area (Å²) in [5.74, 6) is 0.557. The van der Waals surface area contributed by atoms with Crippen LogP contribution in [0.4, 0.5) is 0 Å². The van der Waals surface area contributed by atoms with Gasteiger partial charge in [-0.1, -0.05) is 69.4 Å².